The monoisotopic (exact) mass is 196 g/mol. The molecule has 0 spiro atoms. The Bertz CT molecular complexity index is 278. The maximum Gasteiger partial charge on any atom is 0.310 e. The molecule has 1 N–H and O–H groups in total. The summed E-state index contributed by atoms with van der Waals surface area (Å²) in [7, 11) is 0. The smallest absolute Gasteiger partial charge is 0.310 e. The maximum absolute atomic E-state index is 11.3. The highest BCUT2D eigenvalue weighted by atomic mass is 16.4. The fourth-order valence-corrected chi connectivity index (χ4v) is 2.19. The predicted octanol–water partition coefficient (Wildman–Crippen LogP) is 2.02. The Balaban J connectivity index is 2.88. The molecule has 1 aliphatic carbocycles. The highest BCUT2D eigenvalue weighted by Gasteiger charge is 2.33. The quantitative estimate of drug-likeness (QED) is 0.751. The van der Waals surface area contributed by atoms with Crippen LogP contribution in [0.3, 0.4) is 0 Å². The van der Waals surface area contributed by atoms with Gasteiger partial charge in [-0.05, 0) is 25.3 Å². The van der Waals surface area contributed by atoms with E-state index in [2.05, 4.69) is 0 Å². The summed E-state index contributed by atoms with van der Waals surface area (Å²) in [4.78, 5) is 22.3. The second kappa shape index (κ2) is 4.40. The van der Waals surface area contributed by atoms with Gasteiger partial charge in [-0.25, -0.2) is 0 Å². The molecule has 0 saturated heterocycles. The first kappa shape index (κ1) is 11.0. The highest BCUT2D eigenvalue weighted by molar-refractivity contribution is 5.93. The van der Waals surface area contributed by atoms with E-state index in [1.165, 1.54) is 6.08 Å². The second-order valence-electron chi connectivity index (χ2n) is 3.92. The fraction of sp³-hybridized carbons (Fsp3) is 0.636. The molecule has 0 radical (unpaired) electrons. The molecule has 78 valence electrons. The third-order valence-corrected chi connectivity index (χ3v) is 2.74. The van der Waals surface area contributed by atoms with Crippen molar-refractivity contribution in [2.24, 2.45) is 11.8 Å². The highest BCUT2D eigenvalue weighted by Crippen LogP contribution is 2.32. The van der Waals surface area contributed by atoms with Crippen LogP contribution in [-0.2, 0) is 9.59 Å². The van der Waals surface area contributed by atoms with E-state index in [1.54, 1.807) is 6.92 Å². The number of aliphatic carboxylic acids is 1. The predicted molar refractivity (Wildman–Crippen MR) is 52.9 cm³/mol. The van der Waals surface area contributed by atoms with Gasteiger partial charge in [0.05, 0.1) is 5.92 Å². The first-order valence-corrected chi connectivity index (χ1v) is 5.00. The summed E-state index contributed by atoms with van der Waals surface area (Å²) in [6, 6.07) is 0. The van der Waals surface area contributed by atoms with Crippen LogP contribution in [0.25, 0.3) is 0 Å². The van der Waals surface area contributed by atoms with Gasteiger partial charge in [0.1, 0.15) is 0 Å². The van der Waals surface area contributed by atoms with Crippen molar-refractivity contribution in [1.82, 2.24) is 0 Å². The fourth-order valence-electron chi connectivity index (χ4n) is 2.19. The first-order chi connectivity index (χ1) is 6.56. The van der Waals surface area contributed by atoms with Gasteiger partial charge in [-0.1, -0.05) is 18.9 Å². The van der Waals surface area contributed by atoms with E-state index in [-0.39, 0.29) is 11.7 Å². The van der Waals surface area contributed by atoms with E-state index < -0.39 is 11.9 Å². The van der Waals surface area contributed by atoms with Gasteiger partial charge in [0.15, 0.2) is 5.78 Å². The van der Waals surface area contributed by atoms with Gasteiger partial charge in [0, 0.05) is 6.42 Å². The molecule has 0 aromatic carbocycles. The van der Waals surface area contributed by atoms with E-state index in [1.807, 2.05) is 6.92 Å². The minimum Gasteiger partial charge on any atom is -0.481 e. The van der Waals surface area contributed by atoms with Crippen LogP contribution >= 0.6 is 0 Å². The average Bonchev–Trinajstić information content (AvgIpc) is 2.01. The van der Waals surface area contributed by atoms with Crippen molar-refractivity contribution in [3.8, 4) is 0 Å². The van der Waals surface area contributed by atoms with E-state index in [0.717, 1.165) is 12.8 Å². The Morgan fingerprint density at radius 2 is 2.29 bits per heavy atom. The van der Waals surface area contributed by atoms with Crippen LogP contribution in [0.1, 0.15) is 33.1 Å². The van der Waals surface area contributed by atoms with E-state index >= 15 is 0 Å². The Kier molecular flexibility index (Phi) is 3.44. The molecule has 0 fully saturated rings. The molecule has 14 heavy (non-hydrogen) atoms. The minimum absolute atomic E-state index is 0.00463. The molecule has 0 bridgehead atoms. The lowest BCUT2D eigenvalue weighted by molar-refractivity contribution is -0.142. The molecule has 0 saturated carbocycles. The maximum atomic E-state index is 11.3. The van der Waals surface area contributed by atoms with Crippen LogP contribution in [0, 0.1) is 11.8 Å². The lowest BCUT2D eigenvalue weighted by atomic mass is 9.76. The van der Waals surface area contributed by atoms with Crippen LogP contribution in [0.2, 0.25) is 0 Å². The molecule has 2 unspecified atom stereocenters. The van der Waals surface area contributed by atoms with E-state index in [9.17, 15) is 9.59 Å². The Morgan fingerprint density at radius 3 is 2.79 bits per heavy atom. The topological polar surface area (TPSA) is 54.4 Å². The number of rotatable bonds is 3. The number of hydrogen-bond acceptors (Lipinski definition) is 2. The average molecular weight is 196 g/mol. The summed E-state index contributed by atoms with van der Waals surface area (Å²) in [6.07, 6.45) is 3.61. The van der Waals surface area contributed by atoms with Gasteiger partial charge in [-0.15, -0.1) is 0 Å². The summed E-state index contributed by atoms with van der Waals surface area (Å²) in [5.74, 6) is -1.19. The van der Waals surface area contributed by atoms with Crippen molar-refractivity contribution in [3.05, 3.63) is 11.6 Å². The first-order valence-electron chi connectivity index (χ1n) is 5.00. The Labute approximate surface area is 83.8 Å². The summed E-state index contributed by atoms with van der Waals surface area (Å²) < 4.78 is 0. The van der Waals surface area contributed by atoms with Gasteiger partial charge in [0.2, 0.25) is 0 Å². The molecule has 2 atom stereocenters. The molecule has 0 aromatic rings. The van der Waals surface area contributed by atoms with Crippen molar-refractivity contribution in [2.75, 3.05) is 0 Å². The molecular formula is C11H16O3. The lowest BCUT2D eigenvalue weighted by Gasteiger charge is -2.27. The zero-order chi connectivity index (χ0) is 10.7. The number of ketones is 1. The Hall–Kier alpha value is -1.12. The van der Waals surface area contributed by atoms with Gasteiger partial charge < -0.3 is 5.11 Å². The van der Waals surface area contributed by atoms with Gasteiger partial charge in [-0.3, -0.25) is 9.59 Å². The molecule has 3 nitrogen and oxygen atoms in total. The van der Waals surface area contributed by atoms with Crippen LogP contribution in [-0.4, -0.2) is 16.9 Å². The molecule has 1 rings (SSSR count). The molecule has 0 aromatic heterocycles. The van der Waals surface area contributed by atoms with Crippen LogP contribution in [0.15, 0.2) is 11.6 Å². The number of carboxylic acids is 1. The number of carbonyl (C=O) groups excluding carboxylic acids is 1. The zero-order valence-electron chi connectivity index (χ0n) is 8.62. The number of carbonyl (C=O) groups is 2. The number of allylic oxidation sites excluding steroid dienone is 1. The molecule has 0 aliphatic heterocycles. The third-order valence-electron chi connectivity index (χ3n) is 2.74. The summed E-state index contributed by atoms with van der Waals surface area (Å²) in [5, 5.41) is 9.04. The van der Waals surface area contributed by atoms with E-state index in [0.29, 0.717) is 12.0 Å². The molecular weight excluding hydrogens is 180 g/mol. The largest absolute Gasteiger partial charge is 0.481 e. The standard InChI is InChI=1S/C11H16O3/c1-3-4-8-6-9(12)5-7(2)10(8)11(13)14/h5,8,10H,3-4,6H2,1-2H3,(H,13,14). The zero-order valence-corrected chi connectivity index (χ0v) is 8.62. The molecule has 0 heterocycles. The normalized spacial score (nSPS) is 27.3. The Morgan fingerprint density at radius 1 is 1.64 bits per heavy atom. The van der Waals surface area contributed by atoms with E-state index in [4.69, 9.17) is 5.11 Å². The number of carboxylic acid groups (broad SMARTS) is 1. The van der Waals surface area contributed by atoms with Crippen LogP contribution < -0.4 is 0 Å². The minimum atomic E-state index is -0.801. The molecule has 1 aliphatic rings. The summed E-state index contributed by atoms with van der Waals surface area (Å²) in [6.45, 7) is 3.75. The summed E-state index contributed by atoms with van der Waals surface area (Å²) in [5.41, 5.74) is 0.701. The van der Waals surface area contributed by atoms with Crippen LogP contribution in [0.4, 0.5) is 0 Å². The van der Waals surface area contributed by atoms with Crippen molar-refractivity contribution >= 4 is 11.8 Å². The van der Waals surface area contributed by atoms with Crippen LogP contribution in [0.5, 0.6) is 0 Å². The third kappa shape index (κ3) is 2.22. The van der Waals surface area contributed by atoms with Gasteiger partial charge in [-0.2, -0.15) is 0 Å². The van der Waals surface area contributed by atoms with Crippen molar-refractivity contribution < 1.29 is 14.7 Å². The summed E-state index contributed by atoms with van der Waals surface area (Å²) >= 11 is 0. The molecule has 3 heteroatoms. The van der Waals surface area contributed by atoms with Crippen molar-refractivity contribution in [2.45, 2.75) is 33.1 Å². The lowest BCUT2D eigenvalue weighted by Crippen LogP contribution is -2.30. The molecule has 0 amide bonds. The van der Waals surface area contributed by atoms with Crippen molar-refractivity contribution in [3.63, 3.8) is 0 Å². The van der Waals surface area contributed by atoms with Gasteiger partial charge in [0.25, 0.3) is 0 Å². The van der Waals surface area contributed by atoms with Gasteiger partial charge >= 0.3 is 5.97 Å². The second-order valence-corrected chi connectivity index (χ2v) is 3.92. The SMILES string of the molecule is CCCC1CC(=O)C=C(C)C1C(=O)O. The van der Waals surface area contributed by atoms with Crippen molar-refractivity contribution in [1.29, 1.82) is 0 Å². The number of hydrogen-bond donors (Lipinski definition) is 1.